The average molecular weight is 341 g/mol. The van der Waals surface area contributed by atoms with E-state index in [-0.39, 0.29) is 35.6 Å². The van der Waals surface area contributed by atoms with Gasteiger partial charge in [0.2, 0.25) is 5.91 Å². The monoisotopic (exact) mass is 341 g/mol. The molecule has 138 valence electrons. The third-order valence-electron chi connectivity index (χ3n) is 5.04. The Morgan fingerprint density at radius 3 is 2.17 bits per heavy atom. The van der Waals surface area contributed by atoms with Crippen molar-refractivity contribution in [3.63, 3.8) is 0 Å². The number of carboxylic acids is 1. The van der Waals surface area contributed by atoms with E-state index in [1.54, 1.807) is 18.7 Å². The lowest BCUT2D eigenvalue weighted by atomic mass is 9.93. The van der Waals surface area contributed by atoms with Gasteiger partial charge in [0.15, 0.2) is 6.04 Å². The van der Waals surface area contributed by atoms with Crippen LogP contribution in [-0.4, -0.2) is 47.9 Å². The lowest BCUT2D eigenvalue weighted by Gasteiger charge is -2.34. The molecule has 1 rings (SSSR count). The molecule has 1 aliphatic heterocycles. The Balaban J connectivity index is 2.54. The molecule has 24 heavy (non-hydrogen) atoms. The summed E-state index contributed by atoms with van der Waals surface area (Å²) in [6.07, 6.45) is 1.99. The van der Waals surface area contributed by atoms with Crippen molar-refractivity contribution in [2.24, 2.45) is 17.8 Å². The van der Waals surface area contributed by atoms with Crippen LogP contribution >= 0.6 is 0 Å². The minimum Gasteiger partial charge on any atom is -0.548 e. The maximum atomic E-state index is 12.4. The normalized spacial score (nSPS) is 19.7. The summed E-state index contributed by atoms with van der Waals surface area (Å²) in [5, 5.41) is 13.6. The summed E-state index contributed by atoms with van der Waals surface area (Å²) in [7, 11) is 0. The zero-order valence-electron chi connectivity index (χ0n) is 15.2. The van der Waals surface area contributed by atoms with E-state index < -0.39 is 12.0 Å². The van der Waals surface area contributed by atoms with Crippen molar-refractivity contribution in [3.8, 4) is 0 Å². The topological polar surface area (TPSA) is 117 Å². The molecule has 0 aromatic carbocycles. The van der Waals surface area contributed by atoms with Crippen molar-refractivity contribution in [2.45, 2.75) is 59.0 Å². The van der Waals surface area contributed by atoms with Crippen molar-refractivity contribution in [3.05, 3.63) is 0 Å². The molecule has 1 saturated heterocycles. The fourth-order valence-electron chi connectivity index (χ4n) is 2.89. The smallest absolute Gasteiger partial charge is 0.281 e. The molecule has 0 aliphatic carbocycles. The van der Waals surface area contributed by atoms with Crippen LogP contribution in [0.5, 0.6) is 0 Å². The van der Waals surface area contributed by atoms with Gasteiger partial charge in [0.1, 0.15) is 0 Å². The molecule has 1 heterocycles. The summed E-state index contributed by atoms with van der Waals surface area (Å²) in [6.45, 7) is 8.53. The molecule has 0 spiro atoms. The molecule has 0 radical (unpaired) electrons. The van der Waals surface area contributed by atoms with Gasteiger partial charge in [-0.1, -0.05) is 27.7 Å². The van der Waals surface area contributed by atoms with Crippen molar-refractivity contribution >= 4 is 17.8 Å². The van der Waals surface area contributed by atoms with Crippen LogP contribution in [0.2, 0.25) is 0 Å². The van der Waals surface area contributed by atoms with Gasteiger partial charge in [-0.25, -0.2) is 0 Å². The summed E-state index contributed by atoms with van der Waals surface area (Å²) in [5.41, 5.74) is 3.97. The second-order valence-corrected chi connectivity index (χ2v) is 7.14. The van der Waals surface area contributed by atoms with Gasteiger partial charge in [-0.3, -0.25) is 9.59 Å². The Morgan fingerprint density at radius 2 is 1.75 bits per heavy atom. The van der Waals surface area contributed by atoms with Crippen molar-refractivity contribution in [1.29, 1.82) is 0 Å². The van der Waals surface area contributed by atoms with Crippen molar-refractivity contribution in [1.82, 2.24) is 10.2 Å². The molecule has 4 N–H and O–H groups in total. The van der Waals surface area contributed by atoms with Gasteiger partial charge in [0.05, 0.1) is 12.0 Å². The number of piperidine rings is 1. The quantitative estimate of drug-likeness (QED) is 0.603. The Labute approximate surface area is 144 Å². The zero-order valence-corrected chi connectivity index (χ0v) is 15.2. The van der Waals surface area contributed by atoms with E-state index in [1.807, 2.05) is 13.8 Å². The van der Waals surface area contributed by atoms with Crippen LogP contribution < -0.4 is 16.2 Å². The van der Waals surface area contributed by atoms with Gasteiger partial charge in [-0.2, -0.15) is 0 Å². The Morgan fingerprint density at radius 1 is 1.21 bits per heavy atom. The molecule has 0 bridgehead atoms. The van der Waals surface area contributed by atoms with E-state index in [9.17, 15) is 19.5 Å². The zero-order chi connectivity index (χ0) is 18.4. The lowest BCUT2D eigenvalue weighted by Crippen LogP contribution is -2.70. The number of aliphatic carboxylic acids is 1. The first-order valence-electron chi connectivity index (χ1n) is 8.82. The molecule has 0 saturated carbocycles. The third kappa shape index (κ3) is 5.19. The molecular formula is C17H31N3O4. The summed E-state index contributed by atoms with van der Waals surface area (Å²) in [4.78, 5) is 37.5. The highest BCUT2D eigenvalue weighted by Crippen LogP contribution is 2.19. The number of nitrogens with one attached hydrogen (secondary N) is 1. The van der Waals surface area contributed by atoms with E-state index in [2.05, 4.69) is 11.1 Å². The fourth-order valence-corrected chi connectivity index (χ4v) is 2.89. The molecule has 7 nitrogen and oxygen atoms in total. The fraction of sp³-hybridized carbons (Fsp3) is 0.824. The average Bonchev–Trinajstić information content (AvgIpc) is 2.56. The summed E-state index contributed by atoms with van der Waals surface area (Å²) < 4.78 is 0. The number of quaternary nitrogens is 1. The summed E-state index contributed by atoms with van der Waals surface area (Å²) in [5.74, 6) is -1.76. The van der Waals surface area contributed by atoms with Crippen LogP contribution in [-0.2, 0) is 14.4 Å². The summed E-state index contributed by atoms with van der Waals surface area (Å²) in [6, 6.07) is -1.24. The van der Waals surface area contributed by atoms with Gasteiger partial charge < -0.3 is 25.9 Å². The second-order valence-electron chi connectivity index (χ2n) is 7.14. The van der Waals surface area contributed by atoms with E-state index >= 15 is 0 Å². The SMILES string of the molecule is CC[C@@H](C)[C@H]([NH3+])C(=O)N1CCC(C(=O)N[C@@H](C(=O)[O-])C(C)C)CC1. The first kappa shape index (κ1) is 20.4. The molecule has 3 atom stereocenters. The third-order valence-corrected chi connectivity index (χ3v) is 5.04. The Kier molecular flexibility index (Phi) is 7.66. The molecule has 0 aromatic rings. The van der Waals surface area contributed by atoms with Crippen LogP contribution in [0.1, 0.15) is 47.0 Å². The Hall–Kier alpha value is -1.63. The van der Waals surface area contributed by atoms with Gasteiger partial charge in [-0.15, -0.1) is 0 Å². The predicted octanol–water partition coefficient (Wildman–Crippen LogP) is -1.23. The van der Waals surface area contributed by atoms with Gasteiger partial charge in [0, 0.05) is 24.9 Å². The van der Waals surface area contributed by atoms with E-state index in [0.29, 0.717) is 25.9 Å². The van der Waals surface area contributed by atoms with Crippen LogP contribution in [0.25, 0.3) is 0 Å². The molecular weight excluding hydrogens is 310 g/mol. The first-order chi connectivity index (χ1) is 11.2. The highest BCUT2D eigenvalue weighted by molar-refractivity contribution is 5.85. The van der Waals surface area contributed by atoms with Gasteiger partial charge in [0.25, 0.3) is 5.91 Å². The molecule has 0 aromatic heterocycles. The number of amides is 2. The number of carboxylic acid groups (broad SMARTS) is 1. The van der Waals surface area contributed by atoms with E-state index in [4.69, 9.17) is 0 Å². The number of hydrogen-bond donors (Lipinski definition) is 2. The highest BCUT2D eigenvalue weighted by Gasteiger charge is 2.33. The highest BCUT2D eigenvalue weighted by atomic mass is 16.4. The number of carbonyl (C=O) groups is 3. The maximum Gasteiger partial charge on any atom is 0.281 e. The minimum absolute atomic E-state index is 0.0398. The van der Waals surface area contributed by atoms with Crippen LogP contribution in [0, 0.1) is 17.8 Å². The second kappa shape index (κ2) is 9.01. The standard InChI is InChI=1S/C17H31N3O4/c1-5-11(4)13(18)16(22)20-8-6-12(7-9-20)15(21)19-14(10(2)3)17(23)24/h10-14H,5-9,18H2,1-4H3,(H,19,21)(H,23,24)/t11-,13+,14-/m1/s1. The first-order valence-corrected chi connectivity index (χ1v) is 8.82. The number of nitrogens with zero attached hydrogens (tertiary/aromatic N) is 1. The number of hydrogen-bond acceptors (Lipinski definition) is 4. The van der Waals surface area contributed by atoms with Crippen LogP contribution in [0.4, 0.5) is 0 Å². The van der Waals surface area contributed by atoms with Gasteiger partial charge >= 0.3 is 0 Å². The molecule has 1 fully saturated rings. The van der Waals surface area contributed by atoms with Crippen LogP contribution in [0.15, 0.2) is 0 Å². The van der Waals surface area contributed by atoms with Crippen molar-refractivity contribution in [2.75, 3.05) is 13.1 Å². The summed E-state index contributed by atoms with van der Waals surface area (Å²) >= 11 is 0. The van der Waals surface area contributed by atoms with Crippen LogP contribution in [0.3, 0.4) is 0 Å². The van der Waals surface area contributed by atoms with Gasteiger partial charge in [-0.05, 0) is 25.2 Å². The van der Waals surface area contributed by atoms with E-state index in [0.717, 1.165) is 6.42 Å². The number of likely N-dealkylation sites (tertiary alicyclic amines) is 1. The lowest BCUT2D eigenvalue weighted by molar-refractivity contribution is -0.417. The maximum absolute atomic E-state index is 12.4. The van der Waals surface area contributed by atoms with Crippen molar-refractivity contribution < 1.29 is 25.2 Å². The number of carbonyl (C=O) groups excluding carboxylic acids is 3. The molecule has 7 heteroatoms. The molecule has 0 unspecified atom stereocenters. The largest absolute Gasteiger partial charge is 0.548 e. The minimum atomic E-state index is -1.26. The van der Waals surface area contributed by atoms with E-state index in [1.165, 1.54) is 0 Å². The Bertz CT molecular complexity index is 459. The predicted molar refractivity (Wildman–Crippen MR) is 87.2 cm³/mol. The number of rotatable bonds is 7. The molecule has 1 aliphatic rings. The molecule has 2 amide bonds.